The van der Waals surface area contributed by atoms with Crippen molar-refractivity contribution < 1.29 is 8.42 Å². The van der Waals surface area contributed by atoms with Gasteiger partial charge in [0.15, 0.2) is 5.43 Å². The van der Waals surface area contributed by atoms with Gasteiger partial charge in [-0.25, -0.2) is 8.42 Å². The van der Waals surface area contributed by atoms with Crippen molar-refractivity contribution in [2.45, 2.75) is 46.0 Å². The van der Waals surface area contributed by atoms with Crippen LogP contribution in [0.2, 0.25) is 0 Å². The predicted molar refractivity (Wildman–Crippen MR) is 102 cm³/mol. The number of sulfonamides is 1. The summed E-state index contributed by atoms with van der Waals surface area (Å²) in [7, 11) is -3.32. The van der Waals surface area contributed by atoms with Crippen molar-refractivity contribution in [1.29, 1.82) is 0 Å². The van der Waals surface area contributed by atoms with Gasteiger partial charge >= 0.3 is 0 Å². The van der Waals surface area contributed by atoms with Crippen LogP contribution in [0.1, 0.15) is 43.6 Å². The van der Waals surface area contributed by atoms with Gasteiger partial charge in [0.25, 0.3) is 0 Å². The Kier molecular flexibility index (Phi) is 4.97. The number of anilines is 1. The van der Waals surface area contributed by atoms with Crippen molar-refractivity contribution in [2.75, 3.05) is 10.5 Å². The Bertz CT molecular complexity index is 916. The summed E-state index contributed by atoms with van der Waals surface area (Å²) in [4.78, 5) is 13.9. The van der Waals surface area contributed by atoms with Crippen molar-refractivity contribution in [1.82, 2.24) is 0 Å². The number of benzene rings is 1. The molecule has 0 saturated carbocycles. The van der Waals surface area contributed by atoms with Crippen molar-refractivity contribution in [3.8, 4) is 0 Å². The molecule has 0 spiro atoms. The topological polar surface area (TPSA) is 63.2 Å². The highest BCUT2D eigenvalue weighted by atomic mass is 32.2. The minimum atomic E-state index is -3.32. The summed E-state index contributed by atoms with van der Waals surface area (Å²) in [5.41, 5.74) is 1.63. The van der Waals surface area contributed by atoms with Crippen molar-refractivity contribution in [3.63, 3.8) is 0 Å². The maximum Gasteiger partial charge on any atom is 0.232 e. The van der Waals surface area contributed by atoms with E-state index >= 15 is 0 Å². The number of nitrogens with one attached hydrogen (secondary N) is 1. The zero-order valence-corrected chi connectivity index (χ0v) is 15.7. The third-order valence-electron chi connectivity index (χ3n) is 4.67. The molecule has 130 valence electrons. The smallest absolute Gasteiger partial charge is 0.232 e. The Labute approximate surface area is 147 Å². The van der Waals surface area contributed by atoms with Crippen LogP contribution in [0.3, 0.4) is 0 Å². The molecule has 0 saturated heterocycles. The molecular formula is C18H23NO3S2. The van der Waals surface area contributed by atoms with E-state index in [1.807, 2.05) is 6.92 Å². The van der Waals surface area contributed by atoms with Crippen molar-refractivity contribution >= 4 is 37.1 Å². The Hall–Kier alpha value is -1.40. The van der Waals surface area contributed by atoms with Crippen molar-refractivity contribution in [2.24, 2.45) is 5.92 Å². The number of rotatable bonds is 5. The highest BCUT2D eigenvalue weighted by Crippen LogP contribution is 2.33. The van der Waals surface area contributed by atoms with E-state index in [0.29, 0.717) is 23.4 Å². The van der Waals surface area contributed by atoms with Crippen molar-refractivity contribution in [3.05, 3.63) is 38.9 Å². The molecule has 1 unspecified atom stereocenters. The van der Waals surface area contributed by atoms with Crippen LogP contribution in [0.5, 0.6) is 0 Å². The number of hydrogen-bond acceptors (Lipinski definition) is 4. The zero-order chi connectivity index (χ0) is 17.3. The number of fused-ring (bicyclic) bond motifs is 2. The molecule has 2 aromatic rings. The van der Waals surface area contributed by atoms with E-state index in [1.54, 1.807) is 29.5 Å². The Morgan fingerprint density at radius 3 is 2.79 bits per heavy atom. The summed E-state index contributed by atoms with van der Waals surface area (Å²) < 4.78 is 27.4. The Balaban J connectivity index is 2.02. The van der Waals surface area contributed by atoms with Crippen LogP contribution in [0, 0.1) is 5.92 Å². The van der Waals surface area contributed by atoms with Gasteiger partial charge in [-0.1, -0.05) is 20.3 Å². The molecule has 4 nitrogen and oxygen atoms in total. The first-order valence-corrected chi connectivity index (χ1v) is 11.0. The predicted octanol–water partition coefficient (Wildman–Crippen LogP) is 3.93. The molecule has 1 heterocycles. The minimum Gasteiger partial charge on any atom is -0.289 e. The van der Waals surface area contributed by atoms with Gasteiger partial charge in [0.2, 0.25) is 10.0 Å². The normalized spacial score (nSPS) is 17.7. The summed E-state index contributed by atoms with van der Waals surface area (Å²) in [6, 6.07) is 5.24. The lowest BCUT2D eigenvalue weighted by Gasteiger charge is -2.22. The van der Waals surface area contributed by atoms with Gasteiger partial charge in [0.05, 0.1) is 5.75 Å². The maximum absolute atomic E-state index is 12.7. The zero-order valence-electron chi connectivity index (χ0n) is 14.1. The Morgan fingerprint density at radius 1 is 1.29 bits per heavy atom. The molecule has 0 radical (unpaired) electrons. The molecule has 1 aromatic heterocycles. The number of hydrogen-bond donors (Lipinski definition) is 1. The first-order chi connectivity index (χ1) is 11.4. The molecule has 1 aliphatic carbocycles. The quantitative estimate of drug-likeness (QED) is 0.873. The first kappa shape index (κ1) is 17.4. The monoisotopic (exact) mass is 365 g/mol. The van der Waals surface area contributed by atoms with Gasteiger partial charge in [-0.3, -0.25) is 9.52 Å². The molecule has 0 aliphatic heterocycles. The van der Waals surface area contributed by atoms with Crippen LogP contribution in [-0.4, -0.2) is 14.2 Å². The fourth-order valence-electron chi connectivity index (χ4n) is 3.32. The molecule has 1 atom stereocenters. The first-order valence-electron chi connectivity index (χ1n) is 8.52. The van der Waals surface area contributed by atoms with Gasteiger partial charge in [-0.15, -0.1) is 11.3 Å². The van der Waals surface area contributed by atoms with E-state index in [9.17, 15) is 13.2 Å². The largest absolute Gasteiger partial charge is 0.289 e. The second-order valence-corrected chi connectivity index (χ2v) is 9.46. The fraction of sp³-hybridized carbons (Fsp3) is 0.500. The molecule has 0 fully saturated rings. The van der Waals surface area contributed by atoms with E-state index in [-0.39, 0.29) is 11.2 Å². The summed E-state index contributed by atoms with van der Waals surface area (Å²) in [5, 5.41) is 0.701. The molecule has 1 aromatic carbocycles. The summed E-state index contributed by atoms with van der Waals surface area (Å²) in [6.07, 6.45) is 4.63. The summed E-state index contributed by atoms with van der Waals surface area (Å²) in [5.74, 6) is 0.751. The summed E-state index contributed by atoms with van der Waals surface area (Å²) >= 11 is 1.64. The highest BCUT2D eigenvalue weighted by Gasteiger charge is 2.22. The van der Waals surface area contributed by atoms with Crippen LogP contribution in [-0.2, 0) is 22.9 Å². The van der Waals surface area contributed by atoms with Crippen LogP contribution >= 0.6 is 11.3 Å². The minimum absolute atomic E-state index is 0.101. The van der Waals surface area contributed by atoms with Crippen LogP contribution < -0.4 is 10.2 Å². The average Bonchev–Trinajstić information content (AvgIpc) is 2.53. The molecular weight excluding hydrogens is 342 g/mol. The molecule has 24 heavy (non-hydrogen) atoms. The van der Waals surface area contributed by atoms with Gasteiger partial charge in [-0.2, -0.15) is 0 Å². The Morgan fingerprint density at radius 2 is 2.08 bits per heavy atom. The summed E-state index contributed by atoms with van der Waals surface area (Å²) in [6.45, 7) is 4.03. The van der Waals surface area contributed by atoms with Gasteiger partial charge < -0.3 is 0 Å². The van der Waals surface area contributed by atoms with E-state index in [4.69, 9.17) is 0 Å². The van der Waals surface area contributed by atoms with Crippen LogP contribution in [0.25, 0.3) is 10.1 Å². The molecule has 0 bridgehead atoms. The van der Waals surface area contributed by atoms with E-state index in [0.717, 1.165) is 35.9 Å². The van der Waals surface area contributed by atoms with Crippen LogP contribution in [0.4, 0.5) is 5.69 Å². The molecule has 6 heteroatoms. The van der Waals surface area contributed by atoms with E-state index in [2.05, 4.69) is 11.6 Å². The lowest BCUT2D eigenvalue weighted by atomic mass is 9.87. The fourth-order valence-corrected chi connectivity index (χ4v) is 5.80. The average molecular weight is 366 g/mol. The van der Waals surface area contributed by atoms with Gasteiger partial charge in [0, 0.05) is 26.2 Å². The van der Waals surface area contributed by atoms with Gasteiger partial charge in [-0.05, 0) is 49.8 Å². The van der Waals surface area contributed by atoms with E-state index < -0.39 is 10.0 Å². The second kappa shape index (κ2) is 6.84. The lowest BCUT2D eigenvalue weighted by Crippen LogP contribution is -2.20. The lowest BCUT2D eigenvalue weighted by molar-refractivity contribution is 0.448. The van der Waals surface area contributed by atoms with Crippen LogP contribution in [0.15, 0.2) is 23.0 Å². The molecule has 1 aliphatic rings. The second-order valence-electron chi connectivity index (χ2n) is 6.48. The third-order valence-corrected chi connectivity index (χ3v) is 7.38. The molecule has 3 rings (SSSR count). The standard InChI is InChI=1S/C18H23NO3S2/c1-3-9-24(21,22)19-13-6-8-15-17(11-13)23-16-10-12(4-2)5-7-14(16)18(15)20/h6,8,11-12,19H,3-5,7,9-10H2,1-2H3. The molecule has 0 amide bonds. The van der Waals surface area contributed by atoms with E-state index in [1.165, 1.54) is 4.88 Å². The third kappa shape index (κ3) is 3.49. The maximum atomic E-state index is 12.7. The SMILES string of the molecule is CCCS(=O)(=O)Nc1ccc2c(=O)c3c(sc2c1)CC(CC)CC3. The van der Waals surface area contributed by atoms with Gasteiger partial charge in [0.1, 0.15) is 0 Å². The highest BCUT2D eigenvalue weighted by molar-refractivity contribution is 7.92. The molecule has 1 N–H and O–H groups in total.